The van der Waals surface area contributed by atoms with Crippen molar-refractivity contribution in [3.8, 4) is 11.4 Å². The van der Waals surface area contributed by atoms with Crippen molar-refractivity contribution in [2.24, 2.45) is 0 Å². The van der Waals surface area contributed by atoms with E-state index in [1.807, 2.05) is 29.0 Å². The third kappa shape index (κ3) is 2.31. The van der Waals surface area contributed by atoms with Gasteiger partial charge >= 0.3 is 0 Å². The highest BCUT2D eigenvalue weighted by molar-refractivity contribution is 7.71. The van der Waals surface area contributed by atoms with Crippen LogP contribution >= 0.6 is 23.8 Å². The molecule has 0 saturated carbocycles. The molecule has 5 heteroatoms. The van der Waals surface area contributed by atoms with Crippen LogP contribution in [-0.4, -0.2) is 16.7 Å². The summed E-state index contributed by atoms with van der Waals surface area (Å²) in [6.45, 7) is 4.25. The van der Waals surface area contributed by atoms with Gasteiger partial charge in [-0.2, -0.15) is 0 Å². The van der Waals surface area contributed by atoms with Crippen LogP contribution in [0.2, 0.25) is 5.02 Å². The summed E-state index contributed by atoms with van der Waals surface area (Å²) in [7, 11) is 1.60. The molecule has 0 bridgehead atoms. The van der Waals surface area contributed by atoms with E-state index in [2.05, 4.69) is 18.8 Å². The van der Waals surface area contributed by atoms with Crippen LogP contribution in [0.25, 0.3) is 5.69 Å². The Labute approximate surface area is 116 Å². The first kappa shape index (κ1) is 13.2. The number of nitrogens with zero attached hydrogens (tertiary/aromatic N) is 1. The first-order valence-corrected chi connectivity index (χ1v) is 6.47. The molecule has 0 aliphatic heterocycles. The quantitative estimate of drug-likeness (QED) is 0.850. The van der Waals surface area contributed by atoms with Gasteiger partial charge in [-0.05, 0) is 30.3 Å². The van der Waals surface area contributed by atoms with Crippen molar-refractivity contribution in [1.29, 1.82) is 0 Å². The minimum absolute atomic E-state index is 0.375. The molecule has 2 rings (SSSR count). The fraction of sp³-hybridized carbons (Fsp3) is 0.308. The van der Waals surface area contributed by atoms with E-state index in [0.29, 0.717) is 21.5 Å². The molecule has 0 atom stereocenters. The number of benzene rings is 1. The predicted molar refractivity (Wildman–Crippen MR) is 76.6 cm³/mol. The SMILES string of the molecule is COc1cc(-n2c(C(C)C)c[nH]c2=S)ccc1Cl. The minimum atomic E-state index is 0.375. The van der Waals surface area contributed by atoms with Crippen LogP contribution in [0, 0.1) is 4.77 Å². The third-order valence-corrected chi connectivity index (χ3v) is 3.40. The summed E-state index contributed by atoms with van der Waals surface area (Å²) in [6, 6.07) is 5.63. The summed E-state index contributed by atoms with van der Waals surface area (Å²) in [4.78, 5) is 3.07. The Bertz CT molecular complexity index is 616. The first-order valence-electron chi connectivity index (χ1n) is 5.69. The summed E-state index contributed by atoms with van der Waals surface area (Å²) in [5.74, 6) is 1.02. The summed E-state index contributed by atoms with van der Waals surface area (Å²) in [6.07, 6.45) is 1.94. The van der Waals surface area contributed by atoms with Crippen molar-refractivity contribution in [3.63, 3.8) is 0 Å². The Morgan fingerprint density at radius 2 is 2.11 bits per heavy atom. The molecule has 0 saturated heterocycles. The molecule has 0 aliphatic carbocycles. The minimum Gasteiger partial charge on any atom is -0.495 e. The van der Waals surface area contributed by atoms with Crippen LogP contribution in [0.3, 0.4) is 0 Å². The molecular formula is C13H15ClN2OS. The van der Waals surface area contributed by atoms with Gasteiger partial charge in [-0.3, -0.25) is 4.57 Å². The van der Waals surface area contributed by atoms with Crippen molar-refractivity contribution in [3.05, 3.63) is 39.9 Å². The molecule has 0 radical (unpaired) electrons. The number of halogens is 1. The lowest BCUT2D eigenvalue weighted by Crippen LogP contribution is -2.02. The largest absolute Gasteiger partial charge is 0.495 e. The summed E-state index contributed by atoms with van der Waals surface area (Å²) in [5, 5.41) is 0.592. The number of ether oxygens (including phenoxy) is 1. The normalized spacial score (nSPS) is 10.9. The third-order valence-electron chi connectivity index (χ3n) is 2.79. The van der Waals surface area contributed by atoms with Crippen molar-refractivity contribution in [1.82, 2.24) is 9.55 Å². The van der Waals surface area contributed by atoms with Gasteiger partial charge in [0.05, 0.1) is 17.8 Å². The van der Waals surface area contributed by atoms with E-state index in [-0.39, 0.29) is 0 Å². The van der Waals surface area contributed by atoms with Gasteiger partial charge < -0.3 is 9.72 Å². The monoisotopic (exact) mass is 282 g/mol. The Kier molecular flexibility index (Phi) is 3.78. The molecule has 2 aromatic rings. The second-order valence-corrected chi connectivity index (χ2v) is 5.12. The Hall–Kier alpha value is -1.26. The Balaban J connectivity index is 2.62. The second-order valence-electron chi connectivity index (χ2n) is 4.33. The van der Waals surface area contributed by atoms with E-state index < -0.39 is 0 Å². The van der Waals surface area contributed by atoms with Crippen molar-refractivity contribution in [2.75, 3.05) is 7.11 Å². The number of aromatic nitrogens is 2. The van der Waals surface area contributed by atoms with Crippen LogP contribution in [0.1, 0.15) is 25.5 Å². The maximum absolute atomic E-state index is 6.03. The fourth-order valence-electron chi connectivity index (χ4n) is 1.86. The number of imidazole rings is 1. The molecule has 1 aromatic heterocycles. The molecule has 0 unspecified atom stereocenters. The Morgan fingerprint density at radius 1 is 1.39 bits per heavy atom. The number of hydrogen-bond acceptors (Lipinski definition) is 2. The lowest BCUT2D eigenvalue weighted by atomic mass is 10.1. The standard InChI is InChI=1S/C13H15ClN2OS/c1-8(2)11-7-15-13(18)16(11)9-4-5-10(14)12(6-9)17-3/h4-8H,1-3H3,(H,15,18). The highest BCUT2D eigenvalue weighted by Gasteiger charge is 2.11. The van der Waals surface area contributed by atoms with Crippen LogP contribution in [0.15, 0.2) is 24.4 Å². The molecule has 1 N–H and O–H groups in total. The van der Waals surface area contributed by atoms with E-state index in [1.54, 1.807) is 7.11 Å². The zero-order valence-electron chi connectivity index (χ0n) is 10.5. The number of methoxy groups -OCH3 is 1. The van der Waals surface area contributed by atoms with Gasteiger partial charge in [0, 0.05) is 18.0 Å². The maximum atomic E-state index is 6.03. The number of hydrogen-bond donors (Lipinski definition) is 1. The van der Waals surface area contributed by atoms with Crippen LogP contribution in [0.5, 0.6) is 5.75 Å². The summed E-state index contributed by atoms with van der Waals surface area (Å²) >= 11 is 11.4. The van der Waals surface area contributed by atoms with Crippen molar-refractivity contribution < 1.29 is 4.74 Å². The first-order chi connectivity index (χ1) is 8.54. The molecule has 0 amide bonds. The van der Waals surface area contributed by atoms with Gasteiger partial charge in [0.2, 0.25) is 0 Å². The summed E-state index contributed by atoms with van der Waals surface area (Å²) < 4.78 is 7.90. The maximum Gasteiger partial charge on any atom is 0.182 e. The fourth-order valence-corrected chi connectivity index (χ4v) is 2.33. The zero-order valence-corrected chi connectivity index (χ0v) is 12.1. The van der Waals surface area contributed by atoms with Gasteiger partial charge in [0.15, 0.2) is 4.77 Å². The number of rotatable bonds is 3. The molecule has 0 spiro atoms. The molecule has 96 valence electrons. The molecule has 1 aromatic carbocycles. The molecular weight excluding hydrogens is 268 g/mol. The molecule has 0 aliphatic rings. The number of H-pyrrole nitrogens is 1. The average Bonchev–Trinajstić information content (AvgIpc) is 2.72. The smallest absolute Gasteiger partial charge is 0.182 e. The number of aromatic amines is 1. The second kappa shape index (κ2) is 5.16. The van der Waals surface area contributed by atoms with Gasteiger partial charge in [0.25, 0.3) is 0 Å². The zero-order chi connectivity index (χ0) is 13.3. The molecule has 1 heterocycles. The van der Waals surface area contributed by atoms with Crippen molar-refractivity contribution >= 4 is 23.8 Å². The molecule has 0 fully saturated rings. The van der Waals surface area contributed by atoms with Gasteiger partial charge in [-0.25, -0.2) is 0 Å². The van der Waals surface area contributed by atoms with Crippen LogP contribution < -0.4 is 4.74 Å². The highest BCUT2D eigenvalue weighted by atomic mass is 35.5. The summed E-state index contributed by atoms with van der Waals surface area (Å²) in [5.41, 5.74) is 2.08. The van der Waals surface area contributed by atoms with E-state index in [9.17, 15) is 0 Å². The number of nitrogens with one attached hydrogen (secondary N) is 1. The van der Waals surface area contributed by atoms with Crippen LogP contribution in [0.4, 0.5) is 0 Å². The lowest BCUT2D eigenvalue weighted by molar-refractivity contribution is 0.415. The van der Waals surface area contributed by atoms with Gasteiger partial charge in [-0.1, -0.05) is 25.4 Å². The average molecular weight is 283 g/mol. The highest BCUT2D eigenvalue weighted by Crippen LogP contribution is 2.28. The van der Waals surface area contributed by atoms with E-state index >= 15 is 0 Å². The van der Waals surface area contributed by atoms with Crippen molar-refractivity contribution in [2.45, 2.75) is 19.8 Å². The van der Waals surface area contributed by atoms with E-state index in [4.69, 9.17) is 28.6 Å². The Morgan fingerprint density at radius 3 is 2.72 bits per heavy atom. The van der Waals surface area contributed by atoms with E-state index in [0.717, 1.165) is 11.4 Å². The molecule has 3 nitrogen and oxygen atoms in total. The van der Waals surface area contributed by atoms with Gasteiger partial charge in [-0.15, -0.1) is 0 Å². The topological polar surface area (TPSA) is 29.9 Å². The van der Waals surface area contributed by atoms with Crippen LogP contribution in [-0.2, 0) is 0 Å². The molecule has 18 heavy (non-hydrogen) atoms. The van der Waals surface area contributed by atoms with E-state index in [1.165, 1.54) is 0 Å². The lowest BCUT2D eigenvalue weighted by Gasteiger charge is -2.12. The predicted octanol–water partition coefficient (Wildman–Crippen LogP) is 4.32. The van der Waals surface area contributed by atoms with Gasteiger partial charge in [0.1, 0.15) is 5.75 Å².